The Morgan fingerprint density at radius 3 is 2.64 bits per heavy atom. The van der Waals surface area contributed by atoms with Crippen molar-refractivity contribution in [1.82, 2.24) is 0 Å². The average molecular weight is 165 g/mol. The van der Waals surface area contributed by atoms with E-state index in [0.717, 1.165) is 16.1 Å². The zero-order valence-corrected chi connectivity index (χ0v) is 7.37. The molecule has 1 rings (SSSR count). The van der Waals surface area contributed by atoms with Gasteiger partial charge < -0.3 is 0 Å². The third-order valence-electron chi connectivity index (χ3n) is 1.44. The Morgan fingerprint density at radius 1 is 1.36 bits per heavy atom. The summed E-state index contributed by atoms with van der Waals surface area (Å²) in [4.78, 5) is 0. The number of halogens is 1. The van der Waals surface area contributed by atoms with E-state index in [1.54, 1.807) is 0 Å². The Morgan fingerprint density at radius 2 is 2.09 bits per heavy atom. The third-order valence-corrected chi connectivity index (χ3v) is 1.85. The van der Waals surface area contributed by atoms with Gasteiger partial charge >= 0.3 is 0 Å². The maximum Gasteiger partial charge on any atom is 0.0447 e. The molecule has 0 saturated carbocycles. The minimum absolute atomic E-state index is 0.783. The van der Waals surface area contributed by atoms with Gasteiger partial charge in [-0.3, -0.25) is 0 Å². The van der Waals surface area contributed by atoms with Gasteiger partial charge in [0.2, 0.25) is 0 Å². The minimum Gasteiger partial charge on any atom is -0.101 e. The third kappa shape index (κ3) is 2.00. The van der Waals surface area contributed by atoms with Crippen LogP contribution in [0, 0.1) is 18.8 Å². The number of hydrogen-bond donors (Lipinski definition) is 0. The summed E-state index contributed by atoms with van der Waals surface area (Å²) in [6.07, 6.45) is 0. The van der Waals surface area contributed by atoms with Crippen molar-refractivity contribution >= 4 is 11.6 Å². The zero-order chi connectivity index (χ0) is 8.27. The molecule has 0 spiro atoms. The summed E-state index contributed by atoms with van der Waals surface area (Å²) in [5, 5.41) is 0.783. The first-order chi connectivity index (χ1) is 5.24. The summed E-state index contributed by atoms with van der Waals surface area (Å²) in [5.74, 6) is 5.76. The average Bonchev–Trinajstić information content (AvgIpc) is 1.98. The molecule has 0 nitrogen and oxygen atoms in total. The van der Waals surface area contributed by atoms with Gasteiger partial charge in [-0.1, -0.05) is 23.6 Å². The molecular weight excluding hydrogens is 156 g/mol. The topological polar surface area (TPSA) is 0 Å². The monoisotopic (exact) mass is 164 g/mol. The first kappa shape index (κ1) is 8.17. The second kappa shape index (κ2) is 3.46. The van der Waals surface area contributed by atoms with Gasteiger partial charge in [-0.25, -0.2) is 0 Å². The number of hydrogen-bond acceptors (Lipinski definition) is 0. The Labute approximate surface area is 72.2 Å². The van der Waals surface area contributed by atoms with Crippen molar-refractivity contribution < 1.29 is 0 Å². The van der Waals surface area contributed by atoms with Crippen LogP contribution in [-0.4, -0.2) is 0 Å². The fourth-order valence-electron chi connectivity index (χ4n) is 0.815. The Kier molecular flexibility index (Phi) is 2.57. The second-order valence-electron chi connectivity index (χ2n) is 2.34. The number of benzene rings is 1. The maximum atomic E-state index is 5.88. The van der Waals surface area contributed by atoms with Crippen LogP contribution in [-0.2, 0) is 0 Å². The van der Waals surface area contributed by atoms with Crippen LogP contribution in [0.25, 0.3) is 0 Å². The highest BCUT2D eigenvalue weighted by atomic mass is 35.5. The molecule has 0 unspecified atom stereocenters. The molecule has 56 valence electrons. The van der Waals surface area contributed by atoms with Crippen molar-refractivity contribution in [3.8, 4) is 11.8 Å². The SMILES string of the molecule is CC#Cc1ccc(C)c(Cl)c1. The predicted molar refractivity (Wildman–Crippen MR) is 48.7 cm³/mol. The highest BCUT2D eigenvalue weighted by Gasteiger charge is 1.93. The van der Waals surface area contributed by atoms with Crippen molar-refractivity contribution in [3.05, 3.63) is 34.3 Å². The fraction of sp³-hybridized carbons (Fsp3) is 0.200. The van der Waals surface area contributed by atoms with E-state index in [9.17, 15) is 0 Å². The van der Waals surface area contributed by atoms with E-state index in [2.05, 4.69) is 11.8 Å². The van der Waals surface area contributed by atoms with Crippen LogP contribution in [0.15, 0.2) is 18.2 Å². The van der Waals surface area contributed by atoms with Crippen LogP contribution in [0.3, 0.4) is 0 Å². The minimum atomic E-state index is 0.783. The molecule has 0 heterocycles. The quantitative estimate of drug-likeness (QED) is 0.517. The summed E-state index contributed by atoms with van der Waals surface area (Å²) in [6.45, 7) is 3.79. The van der Waals surface area contributed by atoms with Gasteiger partial charge in [0, 0.05) is 10.6 Å². The van der Waals surface area contributed by atoms with Gasteiger partial charge in [0.15, 0.2) is 0 Å². The Hall–Kier alpha value is -0.930. The van der Waals surface area contributed by atoms with Crippen molar-refractivity contribution in [2.24, 2.45) is 0 Å². The van der Waals surface area contributed by atoms with E-state index < -0.39 is 0 Å². The van der Waals surface area contributed by atoms with Gasteiger partial charge in [-0.2, -0.15) is 0 Å². The highest BCUT2D eigenvalue weighted by molar-refractivity contribution is 6.31. The molecule has 0 bridgehead atoms. The molecule has 11 heavy (non-hydrogen) atoms. The highest BCUT2D eigenvalue weighted by Crippen LogP contribution is 2.15. The fourth-order valence-corrected chi connectivity index (χ4v) is 0.995. The molecule has 0 fully saturated rings. The summed E-state index contributed by atoms with van der Waals surface area (Å²) in [7, 11) is 0. The van der Waals surface area contributed by atoms with Gasteiger partial charge in [0.1, 0.15) is 0 Å². The smallest absolute Gasteiger partial charge is 0.0447 e. The van der Waals surface area contributed by atoms with Crippen LogP contribution in [0.4, 0.5) is 0 Å². The molecule has 1 aromatic carbocycles. The lowest BCUT2D eigenvalue weighted by molar-refractivity contribution is 1.46. The molecule has 1 aromatic rings. The molecule has 0 atom stereocenters. The molecule has 0 radical (unpaired) electrons. The number of rotatable bonds is 0. The predicted octanol–water partition coefficient (Wildman–Crippen LogP) is 3.02. The molecule has 0 aliphatic rings. The van der Waals surface area contributed by atoms with Crippen LogP contribution < -0.4 is 0 Å². The standard InChI is InChI=1S/C10H9Cl/c1-3-4-9-6-5-8(2)10(11)7-9/h5-7H,1-2H3. The van der Waals surface area contributed by atoms with Gasteiger partial charge in [0.05, 0.1) is 0 Å². The van der Waals surface area contributed by atoms with E-state index in [0.29, 0.717) is 0 Å². The van der Waals surface area contributed by atoms with Gasteiger partial charge in [-0.05, 0) is 31.5 Å². The second-order valence-corrected chi connectivity index (χ2v) is 2.75. The summed E-state index contributed by atoms with van der Waals surface area (Å²) in [6, 6.07) is 5.83. The normalized spacial score (nSPS) is 8.64. The molecule has 0 saturated heterocycles. The lowest BCUT2D eigenvalue weighted by Crippen LogP contribution is -1.77. The lowest BCUT2D eigenvalue weighted by atomic mass is 10.1. The molecular formula is C10H9Cl. The number of aryl methyl sites for hydroxylation is 1. The van der Waals surface area contributed by atoms with E-state index in [1.807, 2.05) is 32.0 Å². The molecule has 0 N–H and O–H groups in total. The van der Waals surface area contributed by atoms with Gasteiger partial charge in [-0.15, -0.1) is 5.92 Å². The van der Waals surface area contributed by atoms with E-state index in [1.165, 1.54) is 0 Å². The molecule has 1 heteroatoms. The van der Waals surface area contributed by atoms with Crippen LogP contribution >= 0.6 is 11.6 Å². The van der Waals surface area contributed by atoms with Crippen molar-refractivity contribution in [3.63, 3.8) is 0 Å². The molecule has 0 aliphatic heterocycles. The van der Waals surface area contributed by atoms with Crippen molar-refractivity contribution in [2.45, 2.75) is 13.8 Å². The zero-order valence-electron chi connectivity index (χ0n) is 6.61. The first-order valence-corrected chi connectivity index (χ1v) is 3.80. The maximum absolute atomic E-state index is 5.88. The van der Waals surface area contributed by atoms with Crippen LogP contribution in [0.1, 0.15) is 18.1 Å². The van der Waals surface area contributed by atoms with E-state index in [4.69, 9.17) is 11.6 Å². The largest absolute Gasteiger partial charge is 0.101 e. The van der Waals surface area contributed by atoms with Crippen molar-refractivity contribution in [2.75, 3.05) is 0 Å². The summed E-state index contributed by atoms with van der Waals surface area (Å²) in [5.41, 5.74) is 2.07. The van der Waals surface area contributed by atoms with E-state index in [-0.39, 0.29) is 0 Å². The first-order valence-electron chi connectivity index (χ1n) is 3.43. The molecule has 0 aromatic heterocycles. The van der Waals surface area contributed by atoms with E-state index >= 15 is 0 Å². The summed E-state index contributed by atoms with van der Waals surface area (Å²) >= 11 is 5.88. The molecule has 0 aliphatic carbocycles. The Bertz CT molecular complexity index is 315. The van der Waals surface area contributed by atoms with Crippen LogP contribution in [0.5, 0.6) is 0 Å². The van der Waals surface area contributed by atoms with Crippen molar-refractivity contribution in [1.29, 1.82) is 0 Å². The van der Waals surface area contributed by atoms with Gasteiger partial charge in [0.25, 0.3) is 0 Å². The Balaban J connectivity index is 3.12. The summed E-state index contributed by atoms with van der Waals surface area (Å²) < 4.78 is 0. The molecule has 0 amide bonds. The van der Waals surface area contributed by atoms with Crippen LogP contribution in [0.2, 0.25) is 5.02 Å². The lowest BCUT2D eigenvalue weighted by Gasteiger charge is -1.96.